The molecule has 0 spiro atoms. The molecule has 5 nitrogen and oxygen atoms in total. The van der Waals surface area contributed by atoms with Crippen LogP contribution in [0.25, 0.3) is 0 Å². The van der Waals surface area contributed by atoms with Crippen LogP contribution in [0.4, 0.5) is 5.69 Å². The van der Waals surface area contributed by atoms with Crippen molar-refractivity contribution in [1.29, 1.82) is 0 Å². The summed E-state index contributed by atoms with van der Waals surface area (Å²) in [6.07, 6.45) is 8.51. The van der Waals surface area contributed by atoms with E-state index in [1.165, 1.54) is 0 Å². The molecule has 0 aliphatic carbocycles. The van der Waals surface area contributed by atoms with Gasteiger partial charge in [-0.1, -0.05) is 35.4 Å². The van der Waals surface area contributed by atoms with Crippen molar-refractivity contribution >= 4 is 23.2 Å². The fourth-order valence-electron chi connectivity index (χ4n) is 3.21. The van der Waals surface area contributed by atoms with Crippen molar-refractivity contribution < 1.29 is 19.4 Å². The smallest absolute Gasteiger partial charge is 0.226 e. The Kier molecular flexibility index (Phi) is 8.32. The van der Waals surface area contributed by atoms with Crippen LogP contribution in [0.2, 0.25) is 5.02 Å². The lowest BCUT2D eigenvalue weighted by atomic mass is 10.0. The van der Waals surface area contributed by atoms with Gasteiger partial charge in [0.25, 0.3) is 0 Å². The molecule has 1 heterocycles. The van der Waals surface area contributed by atoms with Gasteiger partial charge >= 0.3 is 0 Å². The zero-order chi connectivity index (χ0) is 21.6. The summed E-state index contributed by atoms with van der Waals surface area (Å²) in [6.45, 7) is 6.24. The van der Waals surface area contributed by atoms with E-state index in [9.17, 15) is 4.79 Å². The Labute approximate surface area is 178 Å². The molecule has 1 aromatic carbocycles. The first-order valence-electron chi connectivity index (χ1n) is 9.95. The summed E-state index contributed by atoms with van der Waals surface area (Å²) in [6, 6.07) is 3.84. The Morgan fingerprint density at radius 3 is 2.72 bits per heavy atom. The number of ether oxygens (including phenoxy) is 2. The Morgan fingerprint density at radius 2 is 2.14 bits per heavy atom. The van der Waals surface area contributed by atoms with Crippen LogP contribution in [0.5, 0.6) is 5.75 Å². The molecule has 1 amide bonds. The van der Waals surface area contributed by atoms with Gasteiger partial charge in [0.15, 0.2) is 0 Å². The van der Waals surface area contributed by atoms with Crippen molar-refractivity contribution in [2.24, 2.45) is 0 Å². The zero-order valence-corrected chi connectivity index (χ0v) is 18.8. The van der Waals surface area contributed by atoms with Crippen LogP contribution in [0.15, 0.2) is 35.9 Å². The molecule has 1 aliphatic heterocycles. The van der Waals surface area contributed by atoms with E-state index in [1.807, 2.05) is 51.1 Å². The number of aliphatic hydroxyl groups is 1. The third-order valence-electron chi connectivity index (χ3n) is 5.41. The van der Waals surface area contributed by atoms with E-state index in [0.717, 1.165) is 11.1 Å². The molecule has 0 bridgehead atoms. The highest BCUT2D eigenvalue weighted by Gasteiger charge is 2.48. The quantitative estimate of drug-likeness (QED) is 0.439. The number of methoxy groups -OCH3 is 1. The maximum atomic E-state index is 12.7. The van der Waals surface area contributed by atoms with Crippen LogP contribution in [0.1, 0.15) is 45.6 Å². The Hall–Kier alpha value is -1.82. The number of benzene rings is 1. The number of epoxide rings is 1. The first-order chi connectivity index (χ1) is 13.7. The van der Waals surface area contributed by atoms with Crippen LogP contribution in [0, 0.1) is 0 Å². The van der Waals surface area contributed by atoms with Gasteiger partial charge in [-0.15, -0.1) is 0 Å². The predicted octanol–water partition coefficient (Wildman–Crippen LogP) is 4.70. The molecule has 2 atom stereocenters. The van der Waals surface area contributed by atoms with Gasteiger partial charge in [0.1, 0.15) is 10.8 Å². The number of nitrogens with zero attached hydrogens (tertiary/aromatic N) is 1. The average Bonchev–Trinajstić information content (AvgIpc) is 3.30. The highest BCUT2D eigenvalue weighted by molar-refractivity contribution is 6.35. The molecule has 29 heavy (non-hydrogen) atoms. The van der Waals surface area contributed by atoms with Crippen LogP contribution in [-0.4, -0.2) is 43.5 Å². The highest BCUT2D eigenvalue weighted by Crippen LogP contribution is 2.40. The Morgan fingerprint density at radius 1 is 1.45 bits per heavy atom. The minimum absolute atomic E-state index is 0.00534. The molecule has 0 radical (unpaired) electrons. The number of carbonyl (C=O) groups excluding carboxylic acids is 1. The van der Waals surface area contributed by atoms with Crippen LogP contribution in [-0.2, 0) is 16.0 Å². The average molecular weight is 422 g/mol. The second kappa shape index (κ2) is 10.3. The van der Waals surface area contributed by atoms with Gasteiger partial charge in [-0.25, -0.2) is 0 Å². The molecule has 1 N–H and O–H groups in total. The molecular weight excluding hydrogens is 390 g/mol. The summed E-state index contributed by atoms with van der Waals surface area (Å²) in [5.41, 5.74) is 2.61. The summed E-state index contributed by atoms with van der Waals surface area (Å²) >= 11 is 6.51. The second-order valence-corrected chi connectivity index (χ2v) is 8.16. The Bertz CT molecular complexity index is 789. The van der Waals surface area contributed by atoms with Gasteiger partial charge in [0.05, 0.1) is 24.5 Å². The molecule has 1 aliphatic rings. The van der Waals surface area contributed by atoms with E-state index in [4.69, 9.17) is 26.2 Å². The Balaban J connectivity index is 2.15. The SMILES string of the molecule is COc1cc(C/C(C)=C/C=C/CCO)cc(N(C)C(=O)CC[C@]2(C)O[C@H]2C)c1Cl. The number of aliphatic hydroxyl groups excluding tert-OH is 1. The number of halogens is 1. The maximum Gasteiger partial charge on any atom is 0.226 e. The molecule has 1 saturated heterocycles. The monoisotopic (exact) mass is 421 g/mol. The first-order valence-corrected chi connectivity index (χ1v) is 10.3. The number of rotatable bonds is 10. The lowest BCUT2D eigenvalue weighted by Crippen LogP contribution is -2.28. The van der Waals surface area contributed by atoms with E-state index in [-0.39, 0.29) is 24.2 Å². The number of carbonyl (C=O) groups is 1. The minimum atomic E-state index is -0.189. The summed E-state index contributed by atoms with van der Waals surface area (Å²) in [5, 5.41) is 9.27. The molecule has 1 fully saturated rings. The fraction of sp³-hybridized carbons (Fsp3) is 0.522. The van der Waals surface area contributed by atoms with Crippen molar-refractivity contribution in [2.45, 2.75) is 58.2 Å². The van der Waals surface area contributed by atoms with Crippen molar-refractivity contribution in [2.75, 3.05) is 25.7 Å². The number of hydrogen-bond donors (Lipinski definition) is 1. The summed E-state index contributed by atoms with van der Waals surface area (Å²) in [7, 11) is 3.32. The number of anilines is 1. The van der Waals surface area contributed by atoms with Crippen LogP contribution in [0.3, 0.4) is 0 Å². The first kappa shape index (κ1) is 23.5. The van der Waals surface area contributed by atoms with Crippen LogP contribution < -0.4 is 9.64 Å². The van der Waals surface area contributed by atoms with E-state index >= 15 is 0 Å². The van der Waals surface area contributed by atoms with Gasteiger partial charge in [-0.05, 0) is 57.7 Å². The molecule has 1 aromatic rings. The van der Waals surface area contributed by atoms with E-state index in [2.05, 4.69) is 0 Å². The minimum Gasteiger partial charge on any atom is -0.495 e. The lowest BCUT2D eigenvalue weighted by molar-refractivity contribution is -0.118. The van der Waals surface area contributed by atoms with Crippen molar-refractivity contribution in [1.82, 2.24) is 0 Å². The van der Waals surface area contributed by atoms with Crippen molar-refractivity contribution in [3.8, 4) is 5.75 Å². The molecule has 0 unspecified atom stereocenters. The van der Waals surface area contributed by atoms with Gasteiger partial charge in [-0.3, -0.25) is 4.79 Å². The zero-order valence-electron chi connectivity index (χ0n) is 18.0. The molecule has 0 saturated carbocycles. The summed E-state index contributed by atoms with van der Waals surface area (Å²) < 4.78 is 11.0. The van der Waals surface area contributed by atoms with Crippen molar-refractivity contribution in [3.63, 3.8) is 0 Å². The molecule has 2 rings (SSSR count). The molecule has 0 aromatic heterocycles. The van der Waals surface area contributed by atoms with Gasteiger partial charge in [0, 0.05) is 20.1 Å². The van der Waals surface area contributed by atoms with E-state index in [1.54, 1.807) is 19.1 Å². The summed E-state index contributed by atoms with van der Waals surface area (Å²) in [4.78, 5) is 14.3. The molecular formula is C23H32ClNO4. The van der Waals surface area contributed by atoms with Gasteiger partial charge < -0.3 is 19.5 Å². The van der Waals surface area contributed by atoms with E-state index in [0.29, 0.717) is 42.1 Å². The third kappa shape index (κ3) is 6.33. The number of amides is 1. The highest BCUT2D eigenvalue weighted by atomic mass is 35.5. The second-order valence-electron chi connectivity index (χ2n) is 7.79. The maximum absolute atomic E-state index is 12.7. The normalized spacial score (nSPS) is 21.5. The largest absolute Gasteiger partial charge is 0.495 e. The third-order valence-corrected chi connectivity index (χ3v) is 5.79. The molecule has 160 valence electrons. The van der Waals surface area contributed by atoms with E-state index < -0.39 is 0 Å². The number of hydrogen-bond acceptors (Lipinski definition) is 4. The lowest BCUT2D eigenvalue weighted by Gasteiger charge is -2.22. The molecule has 6 heteroatoms. The van der Waals surface area contributed by atoms with Crippen LogP contribution >= 0.6 is 11.6 Å². The van der Waals surface area contributed by atoms with Crippen molar-refractivity contribution in [3.05, 3.63) is 46.5 Å². The van der Waals surface area contributed by atoms with Gasteiger partial charge in [-0.2, -0.15) is 0 Å². The summed E-state index contributed by atoms with van der Waals surface area (Å²) in [5.74, 6) is 0.544. The topological polar surface area (TPSA) is 62.3 Å². The van der Waals surface area contributed by atoms with Gasteiger partial charge in [0.2, 0.25) is 5.91 Å². The predicted molar refractivity (Wildman–Crippen MR) is 118 cm³/mol. The standard InChI is InChI=1S/C23H32ClNO4/c1-16(9-7-6-8-12-26)13-18-14-19(22(24)20(15-18)28-5)25(4)21(27)10-11-23(3)17(2)29-23/h6-7,9,14-15,17,26H,8,10-13H2,1-5H3/b7-6+,16-9+/t17-,23-/m0/s1. The number of allylic oxidation sites excluding steroid dienone is 3. The fourth-order valence-corrected chi connectivity index (χ4v) is 3.52.